The number of phenolic OH excluding ortho intramolecular Hbond substituents is 1. The summed E-state index contributed by atoms with van der Waals surface area (Å²) in [5.74, 6) is -1.69. The molecule has 0 radical (unpaired) electrons. The van der Waals surface area contributed by atoms with Gasteiger partial charge in [0.15, 0.2) is 0 Å². The molecule has 0 aliphatic heterocycles. The molecule has 0 aliphatic rings. The number of hydrogen-bond acceptors (Lipinski definition) is 6. The number of nitrogens with two attached hydrogens (primary N) is 1. The third-order valence-electron chi connectivity index (χ3n) is 6.56. The van der Waals surface area contributed by atoms with Crippen molar-refractivity contribution < 1.29 is 29.0 Å². The number of carbonyl (C=O) groups excluding carboxylic acids is 4. The van der Waals surface area contributed by atoms with E-state index in [0.29, 0.717) is 16.8 Å². The summed E-state index contributed by atoms with van der Waals surface area (Å²) in [6.45, 7) is 10.3. The fourth-order valence-corrected chi connectivity index (χ4v) is 4.62. The van der Waals surface area contributed by atoms with Crippen LogP contribution in [0.2, 0.25) is 0 Å². The molecule has 2 atom stereocenters. The van der Waals surface area contributed by atoms with Gasteiger partial charge in [0, 0.05) is 18.2 Å². The normalized spacial score (nSPS) is 12.8. The summed E-state index contributed by atoms with van der Waals surface area (Å²) in [4.78, 5) is 53.9. The van der Waals surface area contributed by atoms with Crippen molar-refractivity contribution in [2.75, 3.05) is 5.32 Å². The molecule has 0 saturated heterocycles. The van der Waals surface area contributed by atoms with Gasteiger partial charge in [0.05, 0.1) is 0 Å². The van der Waals surface area contributed by atoms with Crippen LogP contribution in [0.4, 0.5) is 10.5 Å². The number of alkyl carbamates (subject to hydrolysis) is 1. The molecule has 5 N–H and O–H groups in total. The highest BCUT2D eigenvalue weighted by atomic mass is 16.6. The molecular weight excluding hydrogens is 536 g/mol. The van der Waals surface area contributed by atoms with Crippen molar-refractivity contribution in [1.29, 1.82) is 0 Å². The smallest absolute Gasteiger partial charge is 0.408 e. The number of anilines is 1. The second kappa shape index (κ2) is 13.4. The molecule has 10 nitrogen and oxygen atoms in total. The number of amides is 4. The molecule has 42 heavy (non-hydrogen) atoms. The first-order chi connectivity index (χ1) is 19.7. The molecular formula is C32H40N4O6. The molecule has 0 spiro atoms. The van der Waals surface area contributed by atoms with Crippen LogP contribution in [0.1, 0.15) is 64.6 Å². The lowest BCUT2D eigenvalue weighted by molar-refractivity contribution is -0.143. The van der Waals surface area contributed by atoms with Gasteiger partial charge in [-0.05, 0) is 94.1 Å². The summed E-state index contributed by atoms with van der Waals surface area (Å²) in [5.41, 5.74) is 6.05. The summed E-state index contributed by atoms with van der Waals surface area (Å²) in [6.07, 6.45) is -1.11. The van der Waals surface area contributed by atoms with Crippen molar-refractivity contribution in [1.82, 2.24) is 10.2 Å². The summed E-state index contributed by atoms with van der Waals surface area (Å²) in [7, 11) is 0. The first-order valence-corrected chi connectivity index (χ1v) is 13.9. The van der Waals surface area contributed by atoms with Crippen molar-refractivity contribution in [2.45, 2.75) is 78.1 Å². The number of nitrogens with one attached hydrogen (secondary N) is 2. The fraction of sp³-hybridized carbons (Fsp3) is 0.375. The van der Waals surface area contributed by atoms with E-state index in [9.17, 15) is 24.3 Å². The lowest BCUT2D eigenvalue weighted by Gasteiger charge is -2.37. The largest absolute Gasteiger partial charge is 0.508 e. The molecule has 0 bridgehead atoms. The average molecular weight is 577 g/mol. The number of ether oxygens (including phenoxy) is 1. The number of aromatic hydroxyl groups is 1. The third-order valence-corrected chi connectivity index (χ3v) is 6.56. The number of benzene rings is 3. The quantitative estimate of drug-likeness (QED) is 0.269. The minimum Gasteiger partial charge on any atom is -0.508 e. The Hall–Kier alpha value is -4.60. The molecule has 224 valence electrons. The van der Waals surface area contributed by atoms with Crippen molar-refractivity contribution >= 4 is 40.3 Å². The van der Waals surface area contributed by atoms with E-state index >= 15 is 0 Å². The van der Waals surface area contributed by atoms with Crippen LogP contribution in [0.15, 0.2) is 60.7 Å². The van der Waals surface area contributed by atoms with E-state index in [0.717, 1.165) is 10.8 Å². The minimum absolute atomic E-state index is 0.0424. The number of primary amides is 1. The molecule has 3 aromatic rings. The Morgan fingerprint density at radius 1 is 0.976 bits per heavy atom. The van der Waals surface area contributed by atoms with Gasteiger partial charge in [0.1, 0.15) is 23.4 Å². The summed E-state index contributed by atoms with van der Waals surface area (Å²) < 4.78 is 5.36. The molecule has 0 heterocycles. The van der Waals surface area contributed by atoms with Crippen molar-refractivity contribution in [2.24, 2.45) is 5.73 Å². The lowest BCUT2D eigenvalue weighted by atomic mass is 9.98. The molecule has 0 fully saturated rings. The predicted molar refractivity (Wildman–Crippen MR) is 162 cm³/mol. The van der Waals surface area contributed by atoms with Gasteiger partial charge >= 0.3 is 6.09 Å². The number of carbonyl (C=O) groups is 4. The van der Waals surface area contributed by atoms with Crippen LogP contribution in [0.25, 0.3) is 10.8 Å². The zero-order valence-electron chi connectivity index (χ0n) is 24.9. The van der Waals surface area contributed by atoms with Crippen molar-refractivity contribution in [3.63, 3.8) is 0 Å². The number of fused-ring (bicyclic) bond motifs is 1. The second-order valence-corrected chi connectivity index (χ2v) is 11.5. The van der Waals surface area contributed by atoms with Gasteiger partial charge in [-0.2, -0.15) is 0 Å². The molecule has 3 aromatic carbocycles. The van der Waals surface area contributed by atoms with E-state index in [1.54, 1.807) is 59.7 Å². The number of nitrogens with zero attached hydrogens (tertiary/aromatic N) is 1. The molecule has 3 rings (SSSR count). The average Bonchev–Trinajstić information content (AvgIpc) is 2.89. The first-order valence-electron chi connectivity index (χ1n) is 13.9. The Bertz CT molecular complexity index is 1460. The highest BCUT2D eigenvalue weighted by molar-refractivity contribution is 6.00. The van der Waals surface area contributed by atoms with E-state index in [2.05, 4.69) is 10.6 Å². The van der Waals surface area contributed by atoms with Crippen LogP contribution in [0.3, 0.4) is 0 Å². The topological polar surface area (TPSA) is 151 Å². The molecule has 10 heteroatoms. The fourth-order valence-electron chi connectivity index (χ4n) is 4.62. The maximum Gasteiger partial charge on any atom is 0.408 e. The van der Waals surface area contributed by atoms with Crippen LogP contribution >= 0.6 is 0 Å². The first kappa shape index (κ1) is 31.9. The number of rotatable bonds is 10. The SMILES string of the molecule is Cc1cc(C(C(=O)Nc2ccc3ccccc3c2)N(C(=O)C(CCC(N)=O)NC(=O)OC(C)(C)C)C(C)C)ccc1O. The second-order valence-electron chi connectivity index (χ2n) is 11.5. The van der Waals surface area contributed by atoms with Crippen LogP contribution in [-0.2, 0) is 19.1 Å². The van der Waals surface area contributed by atoms with E-state index < -0.39 is 47.5 Å². The Morgan fingerprint density at radius 3 is 2.24 bits per heavy atom. The standard InChI is InChI=1S/C32H40N4O6/c1-19(2)36(30(40)25(14-16-27(33)38)35-31(41)42-32(4,5)6)28(23-12-15-26(37)20(3)17-23)29(39)34-24-13-11-21-9-7-8-10-22(21)18-24/h7-13,15,17-19,25,28,37H,14,16H2,1-6H3,(H2,33,38)(H,34,39)(H,35,41). The molecule has 0 saturated carbocycles. The van der Waals surface area contributed by atoms with Gasteiger partial charge in [-0.15, -0.1) is 0 Å². The zero-order chi connectivity index (χ0) is 31.2. The van der Waals surface area contributed by atoms with Crippen LogP contribution in [0.5, 0.6) is 5.75 Å². The maximum absolute atomic E-state index is 14.2. The highest BCUT2D eigenvalue weighted by Crippen LogP contribution is 2.30. The Balaban J connectivity index is 2.05. The van der Waals surface area contributed by atoms with E-state index in [1.807, 2.05) is 36.4 Å². The number of aryl methyl sites for hydroxylation is 1. The highest BCUT2D eigenvalue weighted by Gasteiger charge is 2.38. The zero-order valence-corrected chi connectivity index (χ0v) is 24.9. The van der Waals surface area contributed by atoms with Crippen molar-refractivity contribution in [3.8, 4) is 5.75 Å². The Labute approximate surface area is 246 Å². The summed E-state index contributed by atoms with van der Waals surface area (Å²) in [5, 5.41) is 17.6. The van der Waals surface area contributed by atoms with Crippen LogP contribution < -0.4 is 16.4 Å². The monoisotopic (exact) mass is 576 g/mol. The van der Waals surface area contributed by atoms with Gasteiger partial charge in [0.2, 0.25) is 11.8 Å². The third kappa shape index (κ3) is 8.45. The van der Waals surface area contributed by atoms with Crippen molar-refractivity contribution in [3.05, 3.63) is 71.8 Å². The Morgan fingerprint density at radius 2 is 1.64 bits per heavy atom. The summed E-state index contributed by atoms with van der Waals surface area (Å²) in [6, 6.07) is 15.0. The molecule has 2 unspecified atom stereocenters. The maximum atomic E-state index is 14.2. The number of hydrogen-bond donors (Lipinski definition) is 4. The number of phenols is 1. The summed E-state index contributed by atoms with van der Waals surface area (Å²) >= 11 is 0. The molecule has 0 aromatic heterocycles. The van der Waals surface area contributed by atoms with Crippen LogP contribution in [0, 0.1) is 6.92 Å². The van der Waals surface area contributed by atoms with Gasteiger partial charge in [-0.25, -0.2) is 4.79 Å². The molecule has 0 aliphatic carbocycles. The van der Waals surface area contributed by atoms with E-state index in [4.69, 9.17) is 10.5 Å². The van der Waals surface area contributed by atoms with Crippen LogP contribution in [-0.4, -0.2) is 51.5 Å². The molecule has 4 amide bonds. The Kier molecular flexibility index (Phi) is 10.2. The van der Waals surface area contributed by atoms with Gasteiger partial charge in [-0.1, -0.05) is 36.4 Å². The lowest BCUT2D eigenvalue weighted by Crippen LogP contribution is -2.54. The van der Waals surface area contributed by atoms with Gasteiger partial charge in [0.25, 0.3) is 5.91 Å². The van der Waals surface area contributed by atoms with E-state index in [-0.39, 0.29) is 18.6 Å². The van der Waals surface area contributed by atoms with Gasteiger partial charge < -0.3 is 31.1 Å². The van der Waals surface area contributed by atoms with Gasteiger partial charge in [-0.3, -0.25) is 14.4 Å². The van der Waals surface area contributed by atoms with E-state index in [1.165, 1.54) is 11.0 Å². The predicted octanol–water partition coefficient (Wildman–Crippen LogP) is 4.93. The minimum atomic E-state index is -1.20.